The summed E-state index contributed by atoms with van der Waals surface area (Å²) in [5.41, 5.74) is 8.10. The highest BCUT2D eigenvalue weighted by Crippen LogP contribution is 2.18. The summed E-state index contributed by atoms with van der Waals surface area (Å²) in [4.78, 5) is 12.0. The smallest absolute Gasteiger partial charge is 0.253 e. The summed E-state index contributed by atoms with van der Waals surface area (Å²) in [5.74, 6) is -0.130. The van der Waals surface area contributed by atoms with Crippen LogP contribution in [0.4, 0.5) is 11.4 Å². The third kappa shape index (κ3) is 5.61. The van der Waals surface area contributed by atoms with E-state index in [-0.39, 0.29) is 5.91 Å². The standard InChI is InChI=1S/C16H26N2O2/c1-4-5-6-7-10-20-13(3)16(19)18-15-11-14(17)9-8-12(15)2/h8-9,11,13H,4-7,10,17H2,1-3H3,(H,18,19). The van der Waals surface area contributed by atoms with E-state index in [1.807, 2.05) is 19.1 Å². The number of aryl methyl sites for hydroxylation is 1. The minimum absolute atomic E-state index is 0.130. The number of nitrogens with two attached hydrogens (primary N) is 1. The van der Waals surface area contributed by atoms with Crippen molar-refractivity contribution in [1.82, 2.24) is 0 Å². The Hall–Kier alpha value is -1.55. The molecule has 0 radical (unpaired) electrons. The van der Waals surface area contributed by atoms with Gasteiger partial charge in [-0.3, -0.25) is 4.79 Å². The monoisotopic (exact) mass is 278 g/mol. The summed E-state index contributed by atoms with van der Waals surface area (Å²) in [6.45, 7) is 6.51. The highest BCUT2D eigenvalue weighted by atomic mass is 16.5. The molecule has 20 heavy (non-hydrogen) atoms. The third-order valence-electron chi connectivity index (χ3n) is 3.25. The summed E-state index contributed by atoms with van der Waals surface area (Å²) in [6.07, 6.45) is 4.12. The van der Waals surface area contributed by atoms with Crippen LogP contribution < -0.4 is 11.1 Å². The Balaban J connectivity index is 2.39. The van der Waals surface area contributed by atoms with Crippen molar-refractivity contribution in [3.8, 4) is 0 Å². The Labute approximate surface area is 121 Å². The van der Waals surface area contributed by atoms with Crippen LogP contribution in [0.3, 0.4) is 0 Å². The molecule has 0 aliphatic carbocycles. The SMILES string of the molecule is CCCCCCOC(C)C(=O)Nc1cc(N)ccc1C. The van der Waals surface area contributed by atoms with Gasteiger partial charge in [-0.15, -0.1) is 0 Å². The van der Waals surface area contributed by atoms with Crippen molar-refractivity contribution >= 4 is 17.3 Å². The first-order chi connectivity index (χ1) is 9.54. The predicted octanol–water partition coefficient (Wildman–Crippen LogP) is 3.50. The molecule has 1 rings (SSSR count). The first-order valence-corrected chi connectivity index (χ1v) is 7.33. The second-order valence-corrected chi connectivity index (χ2v) is 5.14. The lowest BCUT2D eigenvalue weighted by atomic mass is 10.1. The number of unbranched alkanes of at least 4 members (excludes halogenated alkanes) is 3. The van der Waals surface area contributed by atoms with Crippen molar-refractivity contribution in [3.63, 3.8) is 0 Å². The van der Waals surface area contributed by atoms with Crippen molar-refractivity contribution in [1.29, 1.82) is 0 Å². The zero-order valence-electron chi connectivity index (χ0n) is 12.7. The molecule has 0 saturated carbocycles. The number of rotatable bonds is 8. The average Bonchev–Trinajstić information content (AvgIpc) is 2.42. The van der Waals surface area contributed by atoms with Crippen molar-refractivity contribution in [2.45, 2.75) is 52.6 Å². The van der Waals surface area contributed by atoms with E-state index in [9.17, 15) is 4.79 Å². The van der Waals surface area contributed by atoms with E-state index in [2.05, 4.69) is 12.2 Å². The molecular formula is C16H26N2O2. The third-order valence-corrected chi connectivity index (χ3v) is 3.25. The van der Waals surface area contributed by atoms with Crippen LogP contribution in [0.2, 0.25) is 0 Å². The molecule has 112 valence electrons. The molecule has 0 aliphatic rings. The molecular weight excluding hydrogens is 252 g/mol. The lowest BCUT2D eigenvalue weighted by Gasteiger charge is -2.15. The van der Waals surface area contributed by atoms with E-state index < -0.39 is 6.10 Å². The predicted molar refractivity (Wildman–Crippen MR) is 83.8 cm³/mol. The maximum absolute atomic E-state index is 12.0. The van der Waals surface area contributed by atoms with Crippen molar-refractivity contribution in [2.75, 3.05) is 17.7 Å². The Morgan fingerprint density at radius 1 is 1.35 bits per heavy atom. The van der Waals surface area contributed by atoms with Gasteiger partial charge in [-0.2, -0.15) is 0 Å². The van der Waals surface area contributed by atoms with Gasteiger partial charge in [0, 0.05) is 18.0 Å². The number of hydrogen-bond acceptors (Lipinski definition) is 3. The van der Waals surface area contributed by atoms with Crippen LogP contribution in [0.15, 0.2) is 18.2 Å². The number of anilines is 2. The van der Waals surface area contributed by atoms with Crippen molar-refractivity contribution in [3.05, 3.63) is 23.8 Å². The van der Waals surface area contributed by atoms with Crippen LogP contribution >= 0.6 is 0 Å². The van der Waals surface area contributed by atoms with E-state index in [0.717, 1.165) is 24.1 Å². The van der Waals surface area contributed by atoms with Gasteiger partial charge in [0.15, 0.2) is 0 Å². The number of carbonyl (C=O) groups is 1. The van der Waals surface area contributed by atoms with E-state index in [0.29, 0.717) is 12.3 Å². The van der Waals surface area contributed by atoms with Gasteiger partial charge in [-0.05, 0) is 38.0 Å². The molecule has 0 fully saturated rings. The van der Waals surface area contributed by atoms with Crippen LogP contribution in [-0.2, 0) is 9.53 Å². The molecule has 1 aromatic carbocycles. The van der Waals surface area contributed by atoms with E-state index in [4.69, 9.17) is 10.5 Å². The molecule has 1 atom stereocenters. The number of amides is 1. The maximum Gasteiger partial charge on any atom is 0.253 e. The second kappa shape index (κ2) is 8.59. The number of nitrogen functional groups attached to an aromatic ring is 1. The molecule has 0 aliphatic heterocycles. The van der Waals surface area contributed by atoms with Crippen molar-refractivity contribution in [2.24, 2.45) is 0 Å². The molecule has 1 amide bonds. The van der Waals surface area contributed by atoms with E-state index in [1.54, 1.807) is 13.0 Å². The first-order valence-electron chi connectivity index (χ1n) is 7.33. The Bertz CT molecular complexity index is 432. The molecule has 0 spiro atoms. The first kappa shape index (κ1) is 16.5. The number of hydrogen-bond donors (Lipinski definition) is 2. The molecule has 0 saturated heterocycles. The lowest BCUT2D eigenvalue weighted by molar-refractivity contribution is -0.126. The fourth-order valence-electron chi connectivity index (χ4n) is 1.87. The fourth-order valence-corrected chi connectivity index (χ4v) is 1.87. The van der Waals surface area contributed by atoms with Gasteiger partial charge in [0.05, 0.1) is 0 Å². The molecule has 1 aromatic rings. The van der Waals surface area contributed by atoms with Crippen LogP contribution in [0.1, 0.15) is 45.1 Å². The Morgan fingerprint density at radius 2 is 2.10 bits per heavy atom. The van der Waals surface area contributed by atoms with Gasteiger partial charge >= 0.3 is 0 Å². The molecule has 1 unspecified atom stereocenters. The van der Waals surface area contributed by atoms with Gasteiger partial charge in [0.25, 0.3) is 5.91 Å². The summed E-state index contributed by atoms with van der Waals surface area (Å²) in [7, 11) is 0. The largest absolute Gasteiger partial charge is 0.399 e. The van der Waals surface area contributed by atoms with Crippen LogP contribution in [0.5, 0.6) is 0 Å². The van der Waals surface area contributed by atoms with Crippen molar-refractivity contribution < 1.29 is 9.53 Å². The summed E-state index contributed by atoms with van der Waals surface area (Å²) in [5, 5.41) is 2.86. The van der Waals surface area contributed by atoms with Gasteiger partial charge < -0.3 is 15.8 Å². The van der Waals surface area contributed by atoms with Crippen LogP contribution in [0.25, 0.3) is 0 Å². The quantitative estimate of drug-likeness (QED) is 0.565. The molecule has 0 bridgehead atoms. The van der Waals surface area contributed by atoms with Gasteiger partial charge in [-0.1, -0.05) is 32.3 Å². The molecule has 4 nitrogen and oxygen atoms in total. The minimum Gasteiger partial charge on any atom is -0.399 e. The van der Waals surface area contributed by atoms with E-state index in [1.165, 1.54) is 12.8 Å². The summed E-state index contributed by atoms with van der Waals surface area (Å²) < 4.78 is 5.55. The highest BCUT2D eigenvalue weighted by Gasteiger charge is 2.14. The number of carbonyl (C=O) groups excluding carboxylic acids is 1. The van der Waals surface area contributed by atoms with Gasteiger partial charge in [0.2, 0.25) is 0 Å². The zero-order chi connectivity index (χ0) is 15.0. The lowest BCUT2D eigenvalue weighted by Crippen LogP contribution is -2.28. The topological polar surface area (TPSA) is 64.3 Å². The second-order valence-electron chi connectivity index (χ2n) is 5.14. The molecule has 3 N–H and O–H groups in total. The van der Waals surface area contributed by atoms with Crippen LogP contribution in [0, 0.1) is 6.92 Å². The molecule has 4 heteroatoms. The summed E-state index contributed by atoms with van der Waals surface area (Å²) >= 11 is 0. The minimum atomic E-state index is -0.447. The Morgan fingerprint density at radius 3 is 2.80 bits per heavy atom. The van der Waals surface area contributed by atoms with Gasteiger partial charge in [0.1, 0.15) is 6.10 Å². The number of nitrogens with one attached hydrogen (secondary N) is 1. The fraction of sp³-hybridized carbons (Fsp3) is 0.562. The summed E-state index contributed by atoms with van der Waals surface area (Å²) in [6, 6.07) is 5.47. The molecule has 0 heterocycles. The average molecular weight is 278 g/mol. The van der Waals surface area contributed by atoms with E-state index >= 15 is 0 Å². The number of benzene rings is 1. The zero-order valence-corrected chi connectivity index (χ0v) is 12.7. The number of ether oxygens (including phenoxy) is 1. The van der Waals surface area contributed by atoms with Crippen LogP contribution in [-0.4, -0.2) is 18.6 Å². The highest BCUT2D eigenvalue weighted by molar-refractivity contribution is 5.95. The molecule has 0 aromatic heterocycles. The van der Waals surface area contributed by atoms with Gasteiger partial charge in [-0.25, -0.2) is 0 Å². The Kier molecular flexibility index (Phi) is 7.09. The normalized spacial score (nSPS) is 12.2. The maximum atomic E-state index is 12.0.